The Kier molecular flexibility index (Phi) is 3.04. The topological polar surface area (TPSA) is 30.5 Å². The maximum absolute atomic E-state index is 6.10. The van der Waals surface area contributed by atoms with Crippen LogP contribution in [-0.4, -0.2) is 19.3 Å². The van der Waals surface area contributed by atoms with Crippen molar-refractivity contribution < 1.29 is 9.47 Å². The standard InChI is InChI=1S/C14H19NO2/c1-10-6-11-8-15-9-12(11)7-14(10)17-13-2-4-16-5-3-13/h6-7,13,15H,2-5,8-9H2,1H3. The van der Waals surface area contributed by atoms with Crippen molar-refractivity contribution in [3.63, 3.8) is 0 Å². The highest BCUT2D eigenvalue weighted by Crippen LogP contribution is 2.28. The van der Waals surface area contributed by atoms with E-state index in [4.69, 9.17) is 9.47 Å². The predicted octanol–water partition coefficient (Wildman–Crippen LogP) is 2.16. The average Bonchev–Trinajstić information content (AvgIpc) is 2.78. The van der Waals surface area contributed by atoms with Gasteiger partial charge in [-0.1, -0.05) is 6.07 Å². The largest absolute Gasteiger partial charge is 0.490 e. The number of hydrogen-bond donors (Lipinski definition) is 1. The van der Waals surface area contributed by atoms with E-state index >= 15 is 0 Å². The number of aryl methyl sites for hydroxylation is 1. The van der Waals surface area contributed by atoms with E-state index in [9.17, 15) is 0 Å². The van der Waals surface area contributed by atoms with Gasteiger partial charge in [-0.2, -0.15) is 0 Å². The first kappa shape index (κ1) is 11.1. The maximum atomic E-state index is 6.10. The highest BCUT2D eigenvalue weighted by molar-refractivity contribution is 5.43. The zero-order chi connectivity index (χ0) is 11.7. The van der Waals surface area contributed by atoms with Crippen LogP contribution >= 0.6 is 0 Å². The molecule has 0 saturated carbocycles. The molecule has 0 bridgehead atoms. The minimum atomic E-state index is 0.329. The summed E-state index contributed by atoms with van der Waals surface area (Å²) in [5.41, 5.74) is 4.05. The van der Waals surface area contributed by atoms with Gasteiger partial charge in [-0.05, 0) is 29.7 Å². The summed E-state index contributed by atoms with van der Waals surface area (Å²) in [6.45, 7) is 5.76. The lowest BCUT2D eigenvalue weighted by molar-refractivity contribution is 0.0253. The van der Waals surface area contributed by atoms with Crippen LogP contribution in [0.4, 0.5) is 0 Å². The minimum absolute atomic E-state index is 0.329. The third-order valence-corrected chi connectivity index (χ3v) is 3.59. The van der Waals surface area contributed by atoms with Gasteiger partial charge in [-0.15, -0.1) is 0 Å². The highest BCUT2D eigenvalue weighted by Gasteiger charge is 2.18. The van der Waals surface area contributed by atoms with Crippen molar-refractivity contribution in [2.75, 3.05) is 13.2 Å². The summed E-state index contributed by atoms with van der Waals surface area (Å²) in [5, 5.41) is 3.37. The number of hydrogen-bond acceptors (Lipinski definition) is 3. The van der Waals surface area contributed by atoms with Crippen LogP contribution in [-0.2, 0) is 17.8 Å². The first-order chi connectivity index (χ1) is 8.33. The van der Waals surface area contributed by atoms with Crippen molar-refractivity contribution >= 4 is 0 Å². The summed E-state index contributed by atoms with van der Waals surface area (Å²) in [6.07, 6.45) is 2.35. The van der Waals surface area contributed by atoms with Gasteiger partial charge < -0.3 is 14.8 Å². The van der Waals surface area contributed by atoms with Gasteiger partial charge in [0, 0.05) is 25.9 Å². The molecule has 3 nitrogen and oxygen atoms in total. The molecule has 0 aliphatic carbocycles. The number of ether oxygens (including phenoxy) is 2. The van der Waals surface area contributed by atoms with E-state index < -0.39 is 0 Å². The van der Waals surface area contributed by atoms with Gasteiger partial charge in [-0.25, -0.2) is 0 Å². The molecule has 0 atom stereocenters. The van der Waals surface area contributed by atoms with Crippen LogP contribution in [0.25, 0.3) is 0 Å². The Morgan fingerprint density at radius 1 is 1.18 bits per heavy atom. The molecule has 2 aliphatic heterocycles. The molecule has 2 aliphatic rings. The number of rotatable bonds is 2. The monoisotopic (exact) mass is 233 g/mol. The summed E-state index contributed by atoms with van der Waals surface area (Å²) in [5.74, 6) is 1.05. The van der Waals surface area contributed by atoms with Crippen LogP contribution in [0, 0.1) is 6.92 Å². The predicted molar refractivity (Wildman–Crippen MR) is 66.2 cm³/mol. The van der Waals surface area contributed by atoms with Gasteiger partial charge in [0.05, 0.1) is 13.2 Å². The second-order valence-corrected chi connectivity index (χ2v) is 4.92. The van der Waals surface area contributed by atoms with Crippen molar-refractivity contribution in [3.05, 3.63) is 28.8 Å². The number of fused-ring (bicyclic) bond motifs is 1. The molecule has 0 radical (unpaired) electrons. The lowest BCUT2D eigenvalue weighted by Crippen LogP contribution is -2.26. The molecule has 92 valence electrons. The third-order valence-electron chi connectivity index (χ3n) is 3.59. The molecular formula is C14H19NO2. The van der Waals surface area contributed by atoms with Crippen LogP contribution in [0.5, 0.6) is 5.75 Å². The van der Waals surface area contributed by atoms with Crippen molar-refractivity contribution in [2.24, 2.45) is 0 Å². The van der Waals surface area contributed by atoms with Crippen molar-refractivity contribution in [2.45, 2.75) is 39.0 Å². The molecule has 3 heteroatoms. The molecule has 3 rings (SSSR count). The summed E-state index contributed by atoms with van der Waals surface area (Å²) >= 11 is 0. The molecule has 1 aromatic carbocycles. The number of nitrogens with one attached hydrogen (secondary N) is 1. The Morgan fingerprint density at radius 3 is 2.65 bits per heavy atom. The van der Waals surface area contributed by atoms with E-state index in [-0.39, 0.29) is 0 Å². The fraction of sp³-hybridized carbons (Fsp3) is 0.571. The Morgan fingerprint density at radius 2 is 1.88 bits per heavy atom. The van der Waals surface area contributed by atoms with Crippen molar-refractivity contribution in [1.29, 1.82) is 0 Å². The molecule has 0 amide bonds. The molecule has 1 fully saturated rings. The van der Waals surface area contributed by atoms with Gasteiger partial charge in [0.1, 0.15) is 11.9 Å². The van der Waals surface area contributed by atoms with Crippen LogP contribution < -0.4 is 10.1 Å². The van der Waals surface area contributed by atoms with Crippen LogP contribution in [0.15, 0.2) is 12.1 Å². The summed E-state index contributed by atoms with van der Waals surface area (Å²) in [4.78, 5) is 0. The second kappa shape index (κ2) is 4.67. The summed E-state index contributed by atoms with van der Waals surface area (Å²) in [7, 11) is 0. The molecule has 0 spiro atoms. The van der Waals surface area contributed by atoms with E-state index in [1.54, 1.807) is 0 Å². The molecular weight excluding hydrogens is 214 g/mol. The van der Waals surface area contributed by atoms with E-state index in [2.05, 4.69) is 24.4 Å². The van der Waals surface area contributed by atoms with Crippen LogP contribution in [0.2, 0.25) is 0 Å². The van der Waals surface area contributed by atoms with Gasteiger partial charge in [-0.3, -0.25) is 0 Å². The summed E-state index contributed by atoms with van der Waals surface area (Å²) in [6, 6.07) is 4.46. The molecule has 1 aromatic rings. The van der Waals surface area contributed by atoms with Crippen LogP contribution in [0.1, 0.15) is 29.5 Å². The summed E-state index contributed by atoms with van der Waals surface area (Å²) < 4.78 is 11.5. The first-order valence-corrected chi connectivity index (χ1v) is 6.40. The smallest absolute Gasteiger partial charge is 0.122 e. The Labute approximate surface area is 102 Å². The van der Waals surface area contributed by atoms with E-state index in [1.807, 2.05) is 0 Å². The molecule has 0 aromatic heterocycles. The van der Waals surface area contributed by atoms with Crippen molar-refractivity contribution in [3.8, 4) is 5.75 Å². The average molecular weight is 233 g/mol. The van der Waals surface area contributed by atoms with Crippen LogP contribution in [0.3, 0.4) is 0 Å². The Balaban J connectivity index is 1.78. The van der Waals surface area contributed by atoms with Gasteiger partial charge >= 0.3 is 0 Å². The normalized spacial score (nSPS) is 20.3. The third kappa shape index (κ3) is 2.31. The van der Waals surface area contributed by atoms with Gasteiger partial charge in [0.25, 0.3) is 0 Å². The minimum Gasteiger partial charge on any atom is -0.490 e. The zero-order valence-corrected chi connectivity index (χ0v) is 10.3. The van der Waals surface area contributed by atoms with Crippen molar-refractivity contribution in [1.82, 2.24) is 5.32 Å². The number of benzene rings is 1. The lowest BCUT2D eigenvalue weighted by atomic mass is 10.1. The van der Waals surface area contributed by atoms with Gasteiger partial charge in [0.2, 0.25) is 0 Å². The first-order valence-electron chi connectivity index (χ1n) is 6.40. The SMILES string of the molecule is Cc1cc2c(cc1OC1CCOCC1)CNC2. The molecule has 0 unspecified atom stereocenters. The molecule has 1 saturated heterocycles. The Bertz CT molecular complexity index is 411. The quantitative estimate of drug-likeness (QED) is 0.849. The lowest BCUT2D eigenvalue weighted by Gasteiger charge is -2.24. The second-order valence-electron chi connectivity index (χ2n) is 4.92. The highest BCUT2D eigenvalue weighted by atomic mass is 16.5. The van der Waals surface area contributed by atoms with E-state index in [0.29, 0.717) is 6.10 Å². The fourth-order valence-corrected chi connectivity index (χ4v) is 2.55. The fourth-order valence-electron chi connectivity index (χ4n) is 2.55. The zero-order valence-electron chi connectivity index (χ0n) is 10.3. The molecule has 1 N–H and O–H groups in total. The van der Waals surface area contributed by atoms with E-state index in [1.165, 1.54) is 16.7 Å². The Hall–Kier alpha value is -1.06. The maximum Gasteiger partial charge on any atom is 0.122 e. The molecule has 17 heavy (non-hydrogen) atoms. The molecule has 2 heterocycles. The van der Waals surface area contributed by atoms with E-state index in [0.717, 1.165) is 44.9 Å². The van der Waals surface area contributed by atoms with Gasteiger partial charge in [0.15, 0.2) is 0 Å².